The third-order valence-corrected chi connectivity index (χ3v) is 9.56. The number of esters is 1. The van der Waals surface area contributed by atoms with Gasteiger partial charge >= 0.3 is 5.97 Å². The molecule has 1 saturated heterocycles. The third kappa shape index (κ3) is 4.27. The van der Waals surface area contributed by atoms with Crippen LogP contribution in [0, 0.1) is 28.6 Å². The number of carbonyl (C=O) groups excluding carboxylic acids is 2. The Hall–Kier alpha value is -0.980. The lowest BCUT2D eigenvalue weighted by Gasteiger charge is -2.61. The minimum Gasteiger partial charge on any atom is -0.459 e. The average molecular weight is 451 g/mol. The molecule has 0 radical (unpaired) electrons. The summed E-state index contributed by atoms with van der Waals surface area (Å²) in [5.74, 6) is 0.847. The Balaban J connectivity index is 1.42. The van der Waals surface area contributed by atoms with Crippen LogP contribution in [0.15, 0.2) is 0 Å². The normalized spacial score (nSPS) is 45.4. The fourth-order valence-electron chi connectivity index (χ4n) is 7.54. The Kier molecular flexibility index (Phi) is 7.33. The molecule has 5 unspecified atom stereocenters. The van der Waals surface area contributed by atoms with Crippen molar-refractivity contribution in [3.8, 4) is 0 Å². The highest BCUT2D eigenvalue weighted by Crippen LogP contribution is 2.63. The number of carbonyl (C=O) groups is 2. The van der Waals surface area contributed by atoms with Gasteiger partial charge in [0.05, 0.1) is 24.9 Å². The maximum atomic E-state index is 12.0. The van der Waals surface area contributed by atoms with Crippen molar-refractivity contribution in [3.63, 3.8) is 0 Å². The summed E-state index contributed by atoms with van der Waals surface area (Å²) in [7, 11) is 0. The van der Waals surface area contributed by atoms with E-state index in [-0.39, 0.29) is 47.1 Å². The Morgan fingerprint density at radius 2 is 1.94 bits per heavy atom. The second-order valence-corrected chi connectivity index (χ2v) is 11.2. The summed E-state index contributed by atoms with van der Waals surface area (Å²) < 4.78 is 18.2. The summed E-state index contributed by atoms with van der Waals surface area (Å²) in [6, 6.07) is 0. The number of rotatable bonds is 8. The van der Waals surface area contributed by atoms with Crippen molar-refractivity contribution in [3.05, 3.63) is 0 Å². The molecule has 4 aliphatic rings. The van der Waals surface area contributed by atoms with E-state index in [0.29, 0.717) is 31.3 Å². The number of hydrogen-bond donors (Lipinski definition) is 1. The summed E-state index contributed by atoms with van der Waals surface area (Å²) in [4.78, 5) is 22.5. The van der Waals surface area contributed by atoms with E-state index in [1.54, 1.807) is 0 Å². The van der Waals surface area contributed by atoms with E-state index in [4.69, 9.17) is 14.2 Å². The molecule has 1 heterocycles. The first kappa shape index (κ1) is 24.2. The molecule has 3 saturated carbocycles. The van der Waals surface area contributed by atoms with Crippen molar-refractivity contribution in [2.45, 2.75) is 109 Å². The maximum Gasteiger partial charge on any atom is 0.305 e. The van der Waals surface area contributed by atoms with Crippen LogP contribution >= 0.6 is 0 Å². The van der Waals surface area contributed by atoms with Crippen LogP contribution in [-0.4, -0.2) is 55.0 Å². The molecule has 9 atom stereocenters. The van der Waals surface area contributed by atoms with Crippen LogP contribution in [0.1, 0.15) is 85.0 Å². The SMILES string of the molecule is CCC(=O)O[C@H]1COC2C3C(O)CC4C[C@@H](OCCCCC=O)CC[C@]4(C)C3CC[C@@]21C. The summed E-state index contributed by atoms with van der Waals surface area (Å²) in [6.45, 7) is 7.64. The average Bonchev–Trinajstić information content (AvgIpc) is 3.10. The van der Waals surface area contributed by atoms with Gasteiger partial charge in [-0.3, -0.25) is 4.79 Å². The Labute approximate surface area is 192 Å². The zero-order valence-electron chi connectivity index (χ0n) is 20.1. The minimum atomic E-state index is -0.380. The van der Waals surface area contributed by atoms with Gasteiger partial charge in [-0.2, -0.15) is 0 Å². The van der Waals surface area contributed by atoms with Crippen LogP contribution in [0.5, 0.6) is 0 Å². The van der Waals surface area contributed by atoms with Crippen molar-refractivity contribution in [1.29, 1.82) is 0 Å². The molecule has 182 valence electrons. The molecule has 1 aliphatic heterocycles. The second-order valence-electron chi connectivity index (χ2n) is 11.2. The van der Waals surface area contributed by atoms with Crippen LogP contribution in [0.25, 0.3) is 0 Å². The topological polar surface area (TPSA) is 82.1 Å². The van der Waals surface area contributed by atoms with Gasteiger partial charge in [-0.1, -0.05) is 20.8 Å². The number of ether oxygens (including phenoxy) is 3. The highest BCUT2D eigenvalue weighted by molar-refractivity contribution is 5.69. The van der Waals surface area contributed by atoms with Gasteiger partial charge in [0.25, 0.3) is 0 Å². The standard InChI is InChI=1S/C26H42O6/c1-4-22(29)32-21-16-31-24-23-19(9-11-26(21,24)3)25(2)10-8-18(14-17(25)15-20(23)28)30-13-7-5-6-12-27/h12,17-21,23-24,28H,4-11,13-16H2,1-3H3/t17?,18-,19?,20?,21-,23?,24?,25-,26+/m0/s1. The highest BCUT2D eigenvalue weighted by Gasteiger charge is 2.64. The molecule has 0 aromatic heterocycles. The number of fused-ring (bicyclic) bond motifs is 5. The van der Waals surface area contributed by atoms with Crippen LogP contribution < -0.4 is 0 Å². The summed E-state index contributed by atoms with van der Waals surface area (Å²) >= 11 is 0. The van der Waals surface area contributed by atoms with E-state index < -0.39 is 0 Å². The van der Waals surface area contributed by atoms with E-state index in [1.165, 1.54) is 0 Å². The second kappa shape index (κ2) is 9.71. The van der Waals surface area contributed by atoms with E-state index in [2.05, 4.69) is 13.8 Å². The maximum absolute atomic E-state index is 12.0. The van der Waals surface area contributed by atoms with Crippen LogP contribution in [0.3, 0.4) is 0 Å². The number of hydrogen-bond acceptors (Lipinski definition) is 6. The minimum absolute atomic E-state index is 0.0459. The summed E-state index contributed by atoms with van der Waals surface area (Å²) in [6.07, 6.45) is 9.50. The zero-order chi connectivity index (χ0) is 22.9. The number of aliphatic hydroxyl groups is 1. The number of aldehydes is 1. The molecular weight excluding hydrogens is 408 g/mol. The van der Waals surface area contributed by atoms with Gasteiger partial charge in [0.2, 0.25) is 0 Å². The van der Waals surface area contributed by atoms with Crippen LogP contribution in [0.2, 0.25) is 0 Å². The van der Waals surface area contributed by atoms with E-state index >= 15 is 0 Å². The number of aliphatic hydroxyl groups excluding tert-OH is 1. The molecule has 4 fully saturated rings. The van der Waals surface area contributed by atoms with Gasteiger partial charge < -0.3 is 24.1 Å². The summed E-state index contributed by atoms with van der Waals surface area (Å²) in [5, 5.41) is 11.3. The molecule has 3 aliphatic carbocycles. The van der Waals surface area contributed by atoms with E-state index in [9.17, 15) is 14.7 Å². The monoisotopic (exact) mass is 450 g/mol. The summed E-state index contributed by atoms with van der Waals surface area (Å²) in [5.41, 5.74) is -0.0118. The lowest BCUT2D eigenvalue weighted by molar-refractivity contribution is -0.195. The predicted octanol–water partition coefficient (Wildman–Crippen LogP) is 4.06. The fraction of sp³-hybridized carbons (Fsp3) is 0.923. The highest BCUT2D eigenvalue weighted by atomic mass is 16.6. The lowest BCUT2D eigenvalue weighted by Crippen LogP contribution is -2.61. The van der Waals surface area contributed by atoms with Gasteiger partial charge in [-0.15, -0.1) is 0 Å². The van der Waals surface area contributed by atoms with Crippen LogP contribution in [0.4, 0.5) is 0 Å². The Morgan fingerprint density at radius 1 is 1.16 bits per heavy atom. The smallest absolute Gasteiger partial charge is 0.305 e. The van der Waals surface area contributed by atoms with Gasteiger partial charge in [-0.05, 0) is 68.6 Å². The van der Waals surface area contributed by atoms with Crippen molar-refractivity contribution in [2.75, 3.05) is 13.2 Å². The molecule has 0 aromatic carbocycles. The van der Waals surface area contributed by atoms with Gasteiger partial charge in [0, 0.05) is 30.8 Å². The molecule has 32 heavy (non-hydrogen) atoms. The van der Waals surface area contributed by atoms with E-state index in [0.717, 1.165) is 64.3 Å². The first-order valence-electron chi connectivity index (χ1n) is 12.9. The third-order valence-electron chi connectivity index (χ3n) is 9.56. The van der Waals surface area contributed by atoms with Crippen molar-refractivity contribution >= 4 is 12.3 Å². The van der Waals surface area contributed by atoms with E-state index in [1.807, 2.05) is 6.92 Å². The Morgan fingerprint density at radius 3 is 2.69 bits per heavy atom. The Bertz CT molecular complexity index is 681. The molecule has 0 spiro atoms. The van der Waals surface area contributed by atoms with Crippen molar-refractivity contribution < 1.29 is 28.9 Å². The molecule has 0 aromatic rings. The molecule has 0 amide bonds. The lowest BCUT2D eigenvalue weighted by atomic mass is 9.45. The predicted molar refractivity (Wildman–Crippen MR) is 120 cm³/mol. The molecular formula is C26H42O6. The quantitative estimate of drug-likeness (QED) is 0.341. The fourth-order valence-corrected chi connectivity index (χ4v) is 7.54. The van der Waals surface area contributed by atoms with Crippen molar-refractivity contribution in [2.24, 2.45) is 28.6 Å². The molecule has 6 nitrogen and oxygen atoms in total. The number of unbranched alkanes of at least 4 members (excludes halogenated alkanes) is 2. The zero-order valence-corrected chi connectivity index (χ0v) is 20.1. The molecule has 0 bridgehead atoms. The largest absolute Gasteiger partial charge is 0.459 e. The molecule has 4 rings (SSSR count). The van der Waals surface area contributed by atoms with Crippen LogP contribution in [-0.2, 0) is 23.8 Å². The first-order valence-corrected chi connectivity index (χ1v) is 12.9. The first-order chi connectivity index (χ1) is 15.3. The molecule has 6 heteroatoms. The molecule has 1 N–H and O–H groups in total. The van der Waals surface area contributed by atoms with Crippen molar-refractivity contribution in [1.82, 2.24) is 0 Å². The van der Waals surface area contributed by atoms with Gasteiger partial charge in [-0.25, -0.2) is 0 Å². The van der Waals surface area contributed by atoms with Gasteiger partial charge in [0.15, 0.2) is 0 Å². The van der Waals surface area contributed by atoms with Gasteiger partial charge in [0.1, 0.15) is 12.4 Å².